The van der Waals surface area contributed by atoms with Crippen molar-refractivity contribution in [3.8, 4) is 0 Å². The first-order valence-electron chi connectivity index (χ1n) is 6.28. The predicted octanol–water partition coefficient (Wildman–Crippen LogP) is 0.831. The summed E-state index contributed by atoms with van der Waals surface area (Å²) >= 11 is 0. The second-order valence-electron chi connectivity index (χ2n) is 4.65. The van der Waals surface area contributed by atoms with Gasteiger partial charge in [0.1, 0.15) is 6.04 Å². The van der Waals surface area contributed by atoms with E-state index in [9.17, 15) is 9.59 Å². The van der Waals surface area contributed by atoms with Gasteiger partial charge >= 0.3 is 12.0 Å². The Labute approximate surface area is 109 Å². The van der Waals surface area contributed by atoms with E-state index in [1.807, 2.05) is 32.8 Å². The molecule has 0 rings (SSSR count). The van der Waals surface area contributed by atoms with Crippen LogP contribution in [-0.4, -0.2) is 66.2 Å². The molecular formula is C12H25N3O3. The molecule has 2 amide bonds. The lowest BCUT2D eigenvalue weighted by atomic mass is 10.2. The lowest BCUT2D eigenvalue weighted by molar-refractivity contribution is -0.139. The summed E-state index contributed by atoms with van der Waals surface area (Å²) in [6.07, 6.45) is 0.376. The minimum Gasteiger partial charge on any atom is -0.480 e. The van der Waals surface area contributed by atoms with Crippen LogP contribution in [-0.2, 0) is 4.79 Å². The minimum atomic E-state index is -0.998. The number of rotatable bonds is 7. The van der Waals surface area contributed by atoms with E-state index >= 15 is 0 Å². The van der Waals surface area contributed by atoms with Crippen molar-refractivity contribution >= 4 is 12.0 Å². The van der Waals surface area contributed by atoms with Crippen LogP contribution in [0.2, 0.25) is 0 Å². The Bertz CT molecular complexity index is 282. The lowest BCUT2D eigenvalue weighted by Crippen LogP contribution is -2.52. The summed E-state index contributed by atoms with van der Waals surface area (Å²) < 4.78 is 0. The van der Waals surface area contributed by atoms with Crippen LogP contribution in [0, 0.1) is 0 Å². The molecule has 0 spiro atoms. The van der Waals surface area contributed by atoms with Gasteiger partial charge in [0.15, 0.2) is 0 Å². The number of amides is 2. The first kappa shape index (κ1) is 16.7. The van der Waals surface area contributed by atoms with Crippen LogP contribution >= 0.6 is 0 Å². The SMILES string of the molecule is CCC(NC(=O)N(CC)C(C)CN(C)C)C(=O)O. The van der Waals surface area contributed by atoms with Crippen molar-refractivity contribution in [3.63, 3.8) is 0 Å². The summed E-state index contributed by atoms with van der Waals surface area (Å²) in [6, 6.07) is -1.10. The molecule has 2 atom stereocenters. The highest BCUT2D eigenvalue weighted by molar-refractivity contribution is 5.82. The zero-order valence-corrected chi connectivity index (χ0v) is 11.9. The fourth-order valence-electron chi connectivity index (χ4n) is 1.85. The van der Waals surface area contributed by atoms with E-state index in [4.69, 9.17) is 5.11 Å². The van der Waals surface area contributed by atoms with E-state index < -0.39 is 12.0 Å². The molecule has 0 saturated heterocycles. The highest BCUT2D eigenvalue weighted by Gasteiger charge is 2.23. The van der Waals surface area contributed by atoms with Crippen LogP contribution in [0.5, 0.6) is 0 Å². The zero-order valence-electron chi connectivity index (χ0n) is 11.9. The first-order chi connectivity index (χ1) is 8.33. The molecule has 6 heteroatoms. The van der Waals surface area contributed by atoms with Crippen LogP contribution in [0.1, 0.15) is 27.2 Å². The van der Waals surface area contributed by atoms with E-state index in [0.29, 0.717) is 13.0 Å². The second kappa shape index (κ2) is 7.92. The standard InChI is InChI=1S/C12H25N3O3/c1-6-10(11(16)17)13-12(18)15(7-2)9(3)8-14(4)5/h9-10H,6-8H2,1-5H3,(H,13,18)(H,16,17). The largest absolute Gasteiger partial charge is 0.480 e. The van der Waals surface area contributed by atoms with Crippen molar-refractivity contribution < 1.29 is 14.7 Å². The minimum absolute atomic E-state index is 0.0382. The molecule has 0 aliphatic carbocycles. The van der Waals surface area contributed by atoms with Crippen molar-refractivity contribution in [2.45, 2.75) is 39.3 Å². The maximum Gasteiger partial charge on any atom is 0.326 e. The smallest absolute Gasteiger partial charge is 0.326 e. The summed E-state index contributed by atoms with van der Waals surface area (Å²) in [6.45, 7) is 6.86. The van der Waals surface area contributed by atoms with Gasteiger partial charge in [0.2, 0.25) is 0 Å². The summed E-state index contributed by atoms with van der Waals surface area (Å²) in [7, 11) is 3.88. The highest BCUT2D eigenvalue weighted by Crippen LogP contribution is 2.02. The van der Waals surface area contributed by atoms with Crippen LogP contribution < -0.4 is 5.32 Å². The quantitative estimate of drug-likeness (QED) is 0.710. The third kappa shape index (κ3) is 5.35. The number of nitrogens with zero attached hydrogens (tertiary/aromatic N) is 2. The van der Waals surface area contributed by atoms with Gasteiger partial charge < -0.3 is 20.2 Å². The molecule has 2 N–H and O–H groups in total. The van der Waals surface area contributed by atoms with Crippen molar-refractivity contribution in [1.82, 2.24) is 15.1 Å². The number of hydrogen-bond donors (Lipinski definition) is 2. The van der Waals surface area contributed by atoms with Gasteiger partial charge in [0, 0.05) is 19.1 Å². The number of carboxylic acid groups (broad SMARTS) is 1. The Morgan fingerprint density at radius 1 is 1.28 bits per heavy atom. The van der Waals surface area contributed by atoms with E-state index in [1.54, 1.807) is 11.8 Å². The molecule has 0 bridgehead atoms. The lowest BCUT2D eigenvalue weighted by Gasteiger charge is -2.31. The molecule has 0 aromatic rings. The molecule has 0 radical (unpaired) electrons. The maximum atomic E-state index is 12.0. The zero-order chi connectivity index (χ0) is 14.3. The van der Waals surface area contributed by atoms with Gasteiger partial charge in [0.05, 0.1) is 0 Å². The van der Waals surface area contributed by atoms with E-state index in [0.717, 1.165) is 6.54 Å². The van der Waals surface area contributed by atoms with Crippen molar-refractivity contribution in [2.75, 3.05) is 27.2 Å². The van der Waals surface area contributed by atoms with Gasteiger partial charge in [-0.05, 0) is 34.4 Å². The molecule has 106 valence electrons. The first-order valence-corrected chi connectivity index (χ1v) is 6.28. The van der Waals surface area contributed by atoms with Gasteiger partial charge in [-0.1, -0.05) is 6.92 Å². The van der Waals surface area contributed by atoms with Gasteiger partial charge in [0.25, 0.3) is 0 Å². The number of likely N-dealkylation sites (N-methyl/N-ethyl adjacent to an activating group) is 2. The third-order valence-electron chi connectivity index (χ3n) is 2.77. The van der Waals surface area contributed by atoms with Gasteiger partial charge in [-0.15, -0.1) is 0 Å². The molecule has 0 aromatic carbocycles. The molecule has 0 aliphatic heterocycles. The molecule has 0 fully saturated rings. The van der Waals surface area contributed by atoms with Crippen molar-refractivity contribution in [3.05, 3.63) is 0 Å². The highest BCUT2D eigenvalue weighted by atomic mass is 16.4. The summed E-state index contributed by atoms with van der Waals surface area (Å²) in [4.78, 5) is 26.5. The Morgan fingerprint density at radius 2 is 1.83 bits per heavy atom. The van der Waals surface area contributed by atoms with E-state index in [1.165, 1.54) is 0 Å². The van der Waals surface area contributed by atoms with Crippen molar-refractivity contribution in [1.29, 1.82) is 0 Å². The monoisotopic (exact) mass is 259 g/mol. The maximum absolute atomic E-state index is 12.0. The Kier molecular flexibility index (Phi) is 7.35. The molecule has 0 aliphatic rings. The Morgan fingerprint density at radius 3 is 2.17 bits per heavy atom. The molecule has 0 heterocycles. The Hall–Kier alpha value is -1.30. The molecule has 18 heavy (non-hydrogen) atoms. The van der Waals surface area contributed by atoms with Crippen LogP contribution in [0.3, 0.4) is 0 Å². The summed E-state index contributed by atoms with van der Waals surface area (Å²) in [5.41, 5.74) is 0. The topological polar surface area (TPSA) is 72.9 Å². The molecule has 6 nitrogen and oxygen atoms in total. The molecule has 2 unspecified atom stereocenters. The van der Waals surface area contributed by atoms with Crippen LogP contribution in [0.15, 0.2) is 0 Å². The number of carbonyl (C=O) groups is 2. The van der Waals surface area contributed by atoms with Crippen LogP contribution in [0.25, 0.3) is 0 Å². The summed E-state index contributed by atoms with van der Waals surface area (Å²) in [5.74, 6) is -0.998. The second-order valence-corrected chi connectivity index (χ2v) is 4.65. The van der Waals surface area contributed by atoms with Crippen LogP contribution in [0.4, 0.5) is 4.79 Å². The van der Waals surface area contributed by atoms with E-state index in [-0.39, 0.29) is 12.1 Å². The van der Waals surface area contributed by atoms with Gasteiger partial charge in [-0.25, -0.2) is 9.59 Å². The number of aliphatic carboxylic acids is 1. The Balaban J connectivity index is 4.55. The fraction of sp³-hybridized carbons (Fsp3) is 0.833. The third-order valence-corrected chi connectivity index (χ3v) is 2.77. The number of nitrogens with one attached hydrogen (secondary N) is 1. The van der Waals surface area contributed by atoms with E-state index in [2.05, 4.69) is 5.32 Å². The van der Waals surface area contributed by atoms with Crippen molar-refractivity contribution in [2.24, 2.45) is 0 Å². The number of carbonyl (C=O) groups excluding carboxylic acids is 1. The average Bonchev–Trinajstić information content (AvgIpc) is 2.25. The summed E-state index contributed by atoms with van der Waals surface area (Å²) in [5, 5.41) is 11.5. The van der Waals surface area contributed by atoms with Gasteiger partial charge in [-0.2, -0.15) is 0 Å². The predicted molar refractivity (Wildman–Crippen MR) is 70.6 cm³/mol. The average molecular weight is 259 g/mol. The number of hydrogen-bond acceptors (Lipinski definition) is 3. The molecule has 0 aromatic heterocycles. The molecular weight excluding hydrogens is 234 g/mol. The molecule has 0 saturated carbocycles. The van der Waals surface area contributed by atoms with Gasteiger partial charge in [-0.3, -0.25) is 0 Å². The fourth-order valence-corrected chi connectivity index (χ4v) is 1.85. The number of urea groups is 1. The normalized spacial score (nSPS) is 14.1. The number of carboxylic acids is 1.